The number of allylic oxidation sites excluding steroid dienone is 1. The summed E-state index contributed by atoms with van der Waals surface area (Å²) >= 11 is 0. The molecule has 0 N–H and O–H groups in total. The van der Waals surface area contributed by atoms with Gasteiger partial charge in [0.05, 0.1) is 5.52 Å². The highest BCUT2D eigenvalue weighted by molar-refractivity contribution is 5.81. The first-order valence-electron chi connectivity index (χ1n) is 5.22. The van der Waals surface area contributed by atoms with Crippen molar-refractivity contribution < 1.29 is 0 Å². The van der Waals surface area contributed by atoms with Gasteiger partial charge >= 0.3 is 0 Å². The van der Waals surface area contributed by atoms with Gasteiger partial charge in [-0.05, 0) is 24.3 Å². The van der Waals surface area contributed by atoms with Crippen molar-refractivity contribution >= 4 is 22.9 Å². The molecule has 0 saturated carbocycles. The molecule has 0 radical (unpaired) electrons. The first kappa shape index (κ1) is 9.09. The molecule has 0 amide bonds. The van der Waals surface area contributed by atoms with Crippen LogP contribution in [0.25, 0.3) is 10.9 Å². The summed E-state index contributed by atoms with van der Waals surface area (Å²) in [4.78, 5) is 10.8. The number of hydrogen-bond donors (Lipinski definition) is 0. The van der Waals surface area contributed by atoms with E-state index in [1.807, 2.05) is 41.4 Å². The molecule has 0 atom stereocenters. The van der Waals surface area contributed by atoms with E-state index in [1.165, 1.54) is 0 Å². The van der Waals surface area contributed by atoms with Gasteiger partial charge in [0.15, 0.2) is 0 Å². The standard InChI is InChI=1S/C13H11N3/c1-2-5-12-11(4-1)6-7-13(15-12)16-9-3-8-14-10-16/h1-9H,10H2. The largest absolute Gasteiger partial charge is 0.313 e. The quantitative estimate of drug-likeness (QED) is 0.722. The maximum absolute atomic E-state index is 4.60. The Morgan fingerprint density at radius 1 is 1.06 bits per heavy atom. The monoisotopic (exact) mass is 209 g/mol. The van der Waals surface area contributed by atoms with Crippen LogP contribution in [-0.4, -0.2) is 17.9 Å². The molecule has 0 unspecified atom stereocenters. The number of anilines is 1. The topological polar surface area (TPSA) is 28.5 Å². The zero-order valence-electron chi connectivity index (χ0n) is 8.74. The van der Waals surface area contributed by atoms with Crippen LogP contribution in [0.2, 0.25) is 0 Å². The smallest absolute Gasteiger partial charge is 0.134 e. The van der Waals surface area contributed by atoms with Gasteiger partial charge in [-0.3, -0.25) is 4.99 Å². The normalized spacial score (nSPS) is 14.6. The van der Waals surface area contributed by atoms with Gasteiger partial charge in [-0.15, -0.1) is 0 Å². The molecule has 1 aromatic carbocycles. The molecule has 3 heteroatoms. The molecule has 1 aromatic heterocycles. The van der Waals surface area contributed by atoms with E-state index in [0.717, 1.165) is 16.7 Å². The Morgan fingerprint density at radius 3 is 2.88 bits per heavy atom. The van der Waals surface area contributed by atoms with Crippen molar-refractivity contribution in [2.24, 2.45) is 4.99 Å². The molecular weight excluding hydrogens is 198 g/mol. The molecule has 16 heavy (non-hydrogen) atoms. The lowest BCUT2D eigenvalue weighted by atomic mass is 10.2. The van der Waals surface area contributed by atoms with Gasteiger partial charge in [0.1, 0.15) is 12.5 Å². The van der Waals surface area contributed by atoms with Gasteiger partial charge in [-0.2, -0.15) is 0 Å². The van der Waals surface area contributed by atoms with Crippen molar-refractivity contribution in [1.82, 2.24) is 4.98 Å². The minimum atomic E-state index is 0.641. The van der Waals surface area contributed by atoms with Gasteiger partial charge in [0, 0.05) is 17.8 Å². The van der Waals surface area contributed by atoms with E-state index < -0.39 is 0 Å². The van der Waals surface area contributed by atoms with Gasteiger partial charge in [-0.25, -0.2) is 4.98 Å². The van der Waals surface area contributed by atoms with Crippen molar-refractivity contribution in [1.29, 1.82) is 0 Å². The van der Waals surface area contributed by atoms with Gasteiger partial charge in [0.25, 0.3) is 0 Å². The minimum Gasteiger partial charge on any atom is -0.313 e. The Balaban J connectivity index is 2.05. The number of rotatable bonds is 1. The third-order valence-electron chi connectivity index (χ3n) is 2.57. The number of pyridine rings is 1. The summed E-state index contributed by atoms with van der Waals surface area (Å²) in [5.74, 6) is 0.937. The second-order valence-electron chi connectivity index (χ2n) is 3.65. The van der Waals surface area contributed by atoms with Crippen LogP contribution in [0.5, 0.6) is 0 Å². The Morgan fingerprint density at radius 2 is 2.00 bits per heavy atom. The van der Waals surface area contributed by atoms with Crippen molar-refractivity contribution in [3.8, 4) is 0 Å². The second-order valence-corrected chi connectivity index (χ2v) is 3.65. The fraction of sp³-hybridized carbons (Fsp3) is 0.0769. The highest BCUT2D eigenvalue weighted by Crippen LogP contribution is 2.18. The van der Waals surface area contributed by atoms with Crippen molar-refractivity contribution in [2.75, 3.05) is 11.6 Å². The van der Waals surface area contributed by atoms with Crippen LogP contribution in [0, 0.1) is 0 Å². The zero-order chi connectivity index (χ0) is 10.8. The fourth-order valence-corrected chi connectivity index (χ4v) is 1.75. The number of aliphatic imine (C=N–C) groups is 1. The molecular formula is C13H11N3. The van der Waals surface area contributed by atoms with Crippen LogP contribution in [0.15, 0.2) is 53.7 Å². The van der Waals surface area contributed by atoms with E-state index >= 15 is 0 Å². The molecule has 78 valence electrons. The number of aromatic nitrogens is 1. The number of nitrogens with zero attached hydrogens (tertiary/aromatic N) is 3. The van der Waals surface area contributed by atoms with Crippen LogP contribution in [0.4, 0.5) is 5.82 Å². The summed E-state index contributed by atoms with van der Waals surface area (Å²) in [6.07, 6.45) is 5.71. The lowest BCUT2D eigenvalue weighted by Gasteiger charge is -2.18. The predicted octanol–water partition coefficient (Wildman–Crippen LogP) is 2.60. The van der Waals surface area contributed by atoms with Crippen LogP contribution < -0.4 is 4.90 Å². The lowest BCUT2D eigenvalue weighted by molar-refractivity contribution is 0.949. The van der Waals surface area contributed by atoms with Crippen LogP contribution >= 0.6 is 0 Å². The van der Waals surface area contributed by atoms with Crippen LogP contribution in [0.3, 0.4) is 0 Å². The van der Waals surface area contributed by atoms with Crippen molar-refractivity contribution in [3.05, 3.63) is 48.7 Å². The molecule has 0 saturated heterocycles. The van der Waals surface area contributed by atoms with Gasteiger partial charge in [-0.1, -0.05) is 18.2 Å². The number of para-hydroxylation sites is 1. The molecule has 3 rings (SSSR count). The molecule has 2 aromatic rings. The lowest BCUT2D eigenvalue weighted by Crippen LogP contribution is -2.19. The third-order valence-corrected chi connectivity index (χ3v) is 2.57. The third kappa shape index (κ3) is 1.56. The van der Waals surface area contributed by atoms with E-state index in [1.54, 1.807) is 6.21 Å². The molecule has 0 spiro atoms. The fourth-order valence-electron chi connectivity index (χ4n) is 1.75. The summed E-state index contributed by atoms with van der Waals surface area (Å²) < 4.78 is 0. The van der Waals surface area contributed by atoms with Crippen LogP contribution in [-0.2, 0) is 0 Å². The molecule has 3 nitrogen and oxygen atoms in total. The number of benzene rings is 1. The highest BCUT2D eigenvalue weighted by atomic mass is 15.2. The second kappa shape index (κ2) is 3.77. The Hall–Kier alpha value is -2.16. The Labute approximate surface area is 93.8 Å². The molecule has 0 bridgehead atoms. The molecule has 1 aliphatic rings. The van der Waals surface area contributed by atoms with Gasteiger partial charge < -0.3 is 4.90 Å². The summed E-state index contributed by atoms with van der Waals surface area (Å²) in [7, 11) is 0. The Bertz CT molecular complexity index is 572. The first-order chi connectivity index (χ1) is 7.93. The van der Waals surface area contributed by atoms with Crippen molar-refractivity contribution in [2.45, 2.75) is 0 Å². The highest BCUT2D eigenvalue weighted by Gasteiger charge is 2.05. The molecule has 0 fully saturated rings. The predicted molar refractivity (Wildman–Crippen MR) is 66.7 cm³/mol. The number of hydrogen-bond acceptors (Lipinski definition) is 3. The van der Waals surface area contributed by atoms with Crippen LogP contribution in [0.1, 0.15) is 0 Å². The maximum atomic E-state index is 4.60. The maximum Gasteiger partial charge on any atom is 0.134 e. The van der Waals surface area contributed by atoms with E-state index in [4.69, 9.17) is 0 Å². The molecule has 1 aliphatic heterocycles. The van der Waals surface area contributed by atoms with Gasteiger partial charge in [0.2, 0.25) is 0 Å². The Kier molecular flexibility index (Phi) is 2.14. The number of fused-ring (bicyclic) bond motifs is 1. The summed E-state index contributed by atoms with van der Waals surface area (Å²) in [6.45, 7) is 0.641. The minimum absolute atomic E-state index is 0.641. The average Bonchev–Trinajstić information content (AvgIpc) is 2.39. The van der Waals surface area contributed by atoms with Crippen molar-refractivity contribution in [3.63, 3.8) is 0 Å². The zero-order valence-corrected chi connectivity index (χ0v) is 8.74. The summed E-state index contributed by atoms with van der Waals surface area (Å²) in [5.41, 5.74) is 1.02. The molecule has 2 heterocycles. The van der Waals surface area contributed by atoms with E-state index in [9.17, 15) is 0 Å². The SMILES string of the molecule is C1=CN(c2ccc3ccccc3n2)CN=C1. The average molecular weight is 209 g/mol. The van der Waals surface area contributed by atoms with E-state index in [2.05, 4.69) is 22.1 Å². The van der Waals surface area contributed by atoms with E-state index in [0.29, 0.717) is 6.67 Å². The molecule has 0 aliphatic carbocycles. The summed E-state index contributed by atoms with van der Waals surface area (Å²) in [5, 5.41) is 1.16. The summed E-state index contributed by atoms with van der Waals surface area (Å²) in [6, 6.07) is 12.2. The van der Waals surface area contributed by atoms with E-state index in [-0.39, 0.29) is 0 Å². The first-order valence-corrected chi connectivity index (χ1v) is 5.22.